The van der Waals surface area contributed by atoms with E-state index in [1.807, 2.05) is 41.5 Å². The van der Waals surface area contributed by atoms with Gasteiger partial charge < -0.3 is 29.9 Å². The highest BCUT2D eigenvalue weighted by Gasteiger charge is 2.50. The highest BCUT2D eigenvalue weighted by atomic mass is 79.9. The van der Waals surface area contributed by atoms with Gasteiger partial charge in [0.2, 0.25) is 0 Å². The van der Waals surface area contributed by atoms with Crippen LogP contribution in [0, 0.1) is 0 Å². The molecule has 2 rings (SSSR count). The number of halogens is 4. The van der Waals surface area contributed by atoms with Crippen molar-refractivity contribution >= 4 is 55.1 Å². The molecule has 6 unspecified atom stereocenters. The van der Waals surface area contributed by atoms with E-state index in [2.05, 4.69) is 31.9 Å². The first kappa shape index (κ1) is 37.5. The summed E-state index contributed by atoms with van der Waals surface area (Å²) < 4.78 is 12.6. The minimum atomic E-state index is -1.05. The summed E-state index contributed by atoms with van der Waals surface area (Å²) in [5.41, 5.74) is -3.70. The Morgan fingerprint density at radius 3 is 1.27 bits per heavy atom. The van der Waals surface area contributed by atoms with Gasteiger partial charge in [-0.2, -0.15) is 0 Å². The van der Waals surface area contributed by atoms with Crippen LogP contribution < -0.4 is 0 Å². The molecule has 2 fully saturated rings. The zero-order valence-corrected chi connectivity index (χ0v) is 30.3. The van der Waals surface area contributed by atoms with Crippen LogP contribution in [-0.2, 0) is 9.47 Å². The number of hydrogen-bond donors (Lipinski definition) is 4. The van der Waals surface area contributed by atoms with Gasteiger partial charge in [0.25, 0.3) is 0 Å². The van der Waals surface area contributed by atoms with Crippen LogP contribution in [0.2, 0.25) is 0 Å². The van der Waals surface area contributed by atoms with E-state index in [1.165, 1.54) is 0 Å². The molecule has 0 radical (unpaired) electrons. The van der Waals surface area contributed by atoms with Crippen LogP contribution in [0.25, 0.3) is 0 Å². The van der Waals surface area contributed by atoms with E-state index in [9.17, 15) is 20.4 Å². The van der Waals surface area contributed by atoms with Gasteiger partial charge in [0.1, 0.15) is 0 Å². The first-order valence-corrected chi connectivity index (χ1v) is 17.3. The molecule has 40 heavy (non-hydrogen) atoms. The molecule has 0 spiro atoms. The van der Waals surface area contributed by atoms with Crippen molar-refractivity contribution in [1.82, 2.24) is 0 Å². The van der Waals surface area contributed by atoms with Crippen LogP contribution in [0.1, 0.15) is 120 Å². The van der Waals surface area contributed by atoms with E-state index >= 15 is 0 Å². The third-order valence-corrected chi connectivity index (χ3v) is 13.7. The highest BCUT2D eigenvalue weighted by Crippen LogP contribution is 2.44. The number of alkyl halides is 4. The number of ether oxygens (including phenoxy) is 2. The Balaban J connectivity index is 1.89. The molecule has 2 aliphatic heterocycles. The Morgan fingerprint density at radius 1 is 0.700 bits per heavy atom. The van der Waals surface area contributed by atoms with Crippen LogP contribution in [0.3, 0.4) is 0 Å². The maximum Gasteiger partial charge on any atom is 0.0918 e. The van der Waals surface area contributed by atoms with Crippen LogP contribution in [0.15, 0.2) is 0 Å². The predicted molar refractivity (Wildman–Crippen MR) is 171 cm³/mol. The molecule has 0 aromatic heterocycles. The van der Waals surface area contributed by atoms with Crippen molar-refractivity contribution in [3.05, 3.63) is 0 Å². The van der Waals surface area contributed by atoms with Gasteiger partial charge >= 0.3 is 0 Å². The minimum Gasteiger partial charge on any atom is -0.390 e. The minimum absolute atomic E-state index is 0.0505. The SMILES string of the molecule is CC(C)(Cl)C(Br)CCC(C)(O)[C@H]1CC[C@@](C)(C(O)CCC(O)[C@]2(C)CC[C@H](C(C)(O)CCC(Br)C(C)(C)Cl)O2)O1. The summed E-state index contributed by atoms with van der Waals surface area (Å²) >= 11 is 20.1. The third kappa shape index (κ3) is 9.90. The largest absolute Gasteiger partial charge is 0.390 e. The second kappa shape index (κ2) is 13.7. The van der Waals surface area contributed by atoms with Gasteiger partial charge in [-0.05, 0) is 120 Å². The normalized spacial score (nSPS) is 34.2. The van der Waals surface area contributed by atoms with Gasteiger partial charge in [-0.3, -0.25) is 0 Å². The van der Waals surface area contributed by atoms with Crippen molar-refractivity contribution in [2.75, 3.05) is 0 Å². The second-order valence-corrected chi connectivity index (χ2v) is 18.5. The van der Waals surface area contributed by atoms with E-state index in [1.54, 1.807) is 13.8 Å². The molecule has 10 atom stereocenters. The molecule has 0 amide bonds. The van der Waals surface area contributed by atoms with Crippen LogP contribution in [-0.4, -0.2) is 86.6 Å². The predicted octanol–water partition coefficient (Wildman–Crippen LogP) is 6.99. The van der Waals surface area contributed by atoms with E-state index < -0.39 is 56.6 Å². The number of hydrogen-bond acceptors (Lipinski definition) is 6. The molecule has 0 aromatic carbocycles. The van der Waals surface area contributed by atoms with Crippen molar-refractivity contribution in [1.29, 1.82) is 0 Å². The smallest absolute Gasteiger partial charge is 0.0918 e. The topological polar surface area (TPSA) is 99.4 Å². The van der Waals surface area contributed by atoms with E-state index in [4.69, 9.17) is 32.7 Å². The van der Waals surface area contributed by atoms with Crippen molar-refractivity contribution < 1.29 is 29.9 Å². The fourth-order valence-corrected chi connectivity index (χ4v) is 6.54. The van der Waals surface area contributed by atoms with Gasteiger partial charge in [-0.25, -0.2) is 0 Å². The second-order valence-electron chi connectivity index (χ2n) is 14.4. The zero-order valence-electron chi connectivity index (χ0n) is 25.7. The Morgan fingerprint density at radius 2 is 1.00 bits per heavy atom. The lowest BCUT2D eigenvalue weighted by atomic mass is 9.85. The van der Waals surface area contributed by atoms with Gasteiger partial charge in [-0.15, -0.1) is 23.2 Å². The summed E-state index contributed by atoms with van der Waals surface area (Å²) in [4.78, 5) is -0.749. The number of rotatable bonds is 15. The summed E-state index contributed by atoms with van der Waals surface area (Å²) in [6.45, 7) is 15.1. The molecule has 2 heterocycles. The molecule has 2 aliphatic rings. The number of aliphatic hydroxyl groups excluding tert-OH is 2. The van der Waals surface area contributed by atoms with E-state index in [-0.39, 0.29) is 9.65 Å². The average Bonchev–Trinajstić information content (AvgIpc) is 3.44. The molecule has 0 bridgehead atoms. The molecule has 0 aromatic rings. The molecular weight excluding hydrogens is 687 g/mol. The van der Waals surface area contributed by atoms with Gasteiger partial charge in [-0.1, -0.05) is 31.9 Å². The van der Waals surface area contributed by atoms with Crippen LogP contribution in [0.5, 0.6) is 0 Å². The third-order valence-electron chi connectivity index (χ3n) is 9.44. The molecule has 6 nitrogen and oxygen atoms in total. The lowest BCUT2D eigenvalue weighted by Crippen LogP contribution is -2.47. The Kier molecular flexibility index (Phi) is 12.9. The van der Waals surface area contributed by atoms with Crippen molar-refractivity contribution in [2.45, 2.75) is 186 Å². The molecule has 2 saturated heterocycles. The first-order valence-electron chi connectivity index (χ1n) is 14.8. The summed E-state index contributed by atoms with van der Waals surface area (Å²) in [6.07, 6.45) is 3.28. The van der Waals surface area contributed by atoms with Gasteiger partial charge in [0.05, 0.1) is 56.6 Å². The molecule has 4 N–H and O–H groups in total. The lowest BCUT2D eigenvalue weighted by molar-refractivity contribution is -0.172. The average molecular weight is 741 g/mol. The van der Waals surface area contributed by atoms with E-state index in [0.29, 0.717) is 64.2 Å². The summed E-state index contributed by atoms with van der Waals surface area (Å²) in [5, 5.41) is 44.6. The Labute approximate surface area is 269 Å². The Bertz CT molecular complexity index is 751. The molecule has 238 valence electrons. The standard InChI is InChI=1S/C30H54Br2Cl2O6/c1-25(2,33)19(31)11-15-27(5,37)23-13-17-29(7,39-23)21(35)9-10-22(36)30(8)18-14-24(40-30)28(6,38)16-12-20(32)26(3,4)34/h19-24,35-38H,9-18H2,1-8H3/t19?,20?,21?,22?,23-,24-,27?,28?,29+,30+/m1/s1. The van der Waals surface area contributed by atoms with Crippen molar-refractivity contribution in [2.24, 2.45) is 0 Å². The summed E-state index contributed by atoms with van der Waals surface area (Å²) in [6, 6.07) is 0. The summed E-state index contributed by atoms with van der Waals surface area (Å²) in [7, 11) is 0. The fraction of sp³-hybridized carbons (Fsp3) is 1.00. The van der Waals surface area contributed by atoms with E-state index in [0.717, 1.165) is 0 Å². The molecule has 10 heteroatoms. The van der Waals surface area contributed by atoms with Crippen LogP contribution >= 0.6 is 55.1 Å². The number of aliphatic hydroxyl groups is 4. The Hall–Kier alpha value is 1.30. The first-order chi connectivity index (χ1) is 17.9. The molecular formula is C30H54Br2Cl2O6. The fourth-order valence-electron chi connectivity index (χ4n) is 5.86. The quantitative estimate of drug-likeness (QED) is 0.135. The monoisotopic (exact) mass is 738 g/mol. The summed E-state index contributed by atoms with van der Waals surface area (Å²) in [5.74, 6) is 0. The van der Waals surface area contributed by atoms with Crippen LogP contribution in [0.4, 0.5) is 0 Å². The van der Waals surface area contributed by atoms with Crippen molar-refractivity contribution in [3.63, 3.8) is 0 Å². The van der Waals surface area contributed by atoms with Crippen molar-refractivity contribution in [3.8, 4) is 0 Å². The maximum absolute atomic E-state index is 11.2. The lowest BCUT2D eigenvalue weighted by Gasteiger charge is -2.38. The zero-order chi connectivity index (χ0) is 30.9. The van der Waals surface area contributed by atoms with Gasteiger partial charge in [0.15, 0.2) is 0 Å². The highest BCUT2D eigenvalue weighted by molar-refractivity contribution is 9.09. The molecule has 0 aliphatic carbocycles. The maximum atomic E-state index is 11.2. The molecule has 0 saturated carbocycles. The van der Waals surface area contributed by atoms with Gasteiger partial charge in [0, 0.05) is 9.65 Å².